The average molecular weight is 284 g/mol. The molecule has 0 amide bonds. The van der Waals surface area contributed by atoms with Crippen LogP contribution in [-0.2, 0) is 26.8 Å². The van der Waals surface area contributed by atoms with Crippen molar-refractivity contribution in [3.63, 3.8) is 0 Å². The standard InChI is InChI=1S/C17H16O4/c1-2-7-14(8-3-1)18-11-15-12-20-17(21-15)16-9-5-4-6-13(16)10-19-17/h1-9,15H,10-12H2. The molecule has 0 radical (unpaired) electrons. The molecule has 1 saturated heterocycles. The normalized spacial score (nSPS) is 27.0. The van der Waals surface area contributed by atoms with E-state index in [1.807, 2.05) is 54.6 Å². The predicted molar refractivity (Wildman–Crippen MR) is 75.7 cm³/mol. The Hall–Kier alpha value is -1.88. The first-order chi connectivity index (χ1) is 10.4. The second-order valence-corrected chi connectivity index (χ2v) is 5.18. The van der Waals surface area contributed by atoms with E-state index in [2.05, 4.69) is 0 Å². The van der Waals surface area contributed by atoms with Gasteiger partial charge in [-0.15, -0.1) is 0 Å². The van der Waals surface area contributed by atoms with Crippen molar-refractivity contribution in [1.29, 1.82) is 0 Å². The van der Waals surface area contributed by atoms with Gasteiger partial charge in [-0.25, -0.2) is 0 Å². The molecule has 0 bridgehead atoms. The minimum atomic E-state index is -1.04. The van der Waals surface area contributed by atoms with Crippen LogP contribution in [-0.4, -0.2) is 19.3 Å². The van der Waals surface area contributed by atoms with Crippen LogP contribution in [0.2, 0.25) is 0 Å². The number of benzene rings is 2. The van der Waals surface area contributed by atoms with Crippen molar-refractivity contribution in [1.82, 2.24) is 0 Å². The molecule has 0 saturated carbocycles. The van der Waals surface area contributed by atoms with Crippen molar-refractivity contribution in [3.8, 4) is 5.75 Å². The number of hydrogen-bond donors (Lipinski definition) is 0. The Morgan fingerprint density at radius 1 is 1.00 bits per heavy atom. The van der Waals surface area contributed by atoms with E-state index in [-0.39, 0.29) is 6.10 Å². The number of fused-ring (bicyclic) bond motifs is 2. The zero-order valence-electron chi connectivity index (χ0n) is 11.5. The minimum absolute atomic E-state index is 0.142. The third-order valence-electron chi connectivity index (χ3n) is 3.73. The summed E-state index contributed by atoms with van der Waals surface area (Å²) < 4.78 is 23.3. The Morgan fingerprint density at radius 3 is 2.71 bits per heavy atom. The minimum Gasteiger partial charge on any atom is -0.491 e. The van der Waals surface area contributed by atoms with Gasteiger partial charge in [-0.2, -0.15) is 0 Å². The summed E-state index contributed by atoms with van der Waals surface area (Å²) in [7, 11) is 0. The van der Waals surface area contributed by atoms with Crippen LogP contribution in [0.5, 0.6) is 5.75 Å². The highest BCUT2D eigenvalue weighted by Crippen LogP contribution is 2.42. The number of para-hydroxylation sites is 1. The van der Waals surface area contributed by atoms with Crippen LogP contribution < -0.4 is 4.74 Å². The fourth-order valence-corrected chi connectivity index (χ4v) is 2.69. The van der Waals surface area contributed by atoms with Gasteiger partial charge in [0.05, 0.1) is 13.2 Å². The Morgan fingerprint density at radius 2 is 1.81 bits per heavy atom. The first-order valence-electron chi connectivity index (χ1n) is 7.08. The van der Waals surface area contributed by atoms with Gasteiger partial charge in [0.15, 0.2) is 0 Å². The Labute approximate surface area is 123 Å². The highest BCUT2D eigenvalue weighted by Gasteiger charge is 2.49. The van der Waals surface area contributed by atoms with Gasteiger partial charge in [-0.3, -0.25) is 0 Å². The van der Waals surface area contributed by atoms with E-state index in [1.165, 1.54) is 0 Å². The SMILES string of the molecule is c1ccc(OCC2COC3(OCc4ccccc43)O2)cc1. The van der Waals surface area contributed by atoms with E-state index in [0.717, 1.165) is 16.9 Å². The molecule has 4 nitrogen and oxygen atoms in total. The highest BCUT2D eigenvalue weighted by atomic mass is 16.9. The number of ether oxygens (including phenoxy) is 4. The summed E-state index contributed by atoms with van der Waals surface area (Å²) >= 11 is 0. The summed E-state index contributed by atoms with van der Waals surface area (Å²) in [4.78, 5) is 0. The second-order valence-electron chi connectivity index (χ2n) is 5.18. The van der Waals surface area contributed by atoms with Gasteiger partial charge in [0.1, 0.15) is 18.5 Å². The van der Waals surface area contributed by atoms with Crippen molar-refractivity contribution >= 4 is 0 Å². The van der Waals surface area contributed by atoms with Crippen LogP contribution in [0.25, 0.3) is 0 Å². The van der Waals surface area contributed by atoms with Crippen molar-refractivity contribution in [2.24, 2.45) is 0 Å². The molecule has 4 heteroatoms. The zero-order valence-corrected chi connectivity index (χ0v) is 11.5. The van der Waals surface area contributed by atoms with Crippen molar-refractivity contribution in [2.45, 2.75) is 18.7 Å². The van der Waals surface area contributed by atoms with Crippen molar-refractivity contribution in [3.05, 3.63) is 65.7 Å². The molecule has 108 valence electrons. The number of hydrogen-bond acceptors (Lipinski definition) is 4. The lowest BCUT2D eigenvalue weighted by Crippen LogP contribution is -2.28. The van der Waals surface area contributed by atoms with Crippen LogP contribution in [0.4, 0.5) is 0 Å². The van der Waals surface area contributed by atoms with Gasteiger partial charge < -0.3 is 18.9 Å². The Bertz CT molecular complexity index is 628. The first kappa shape index (κ1) is 12.8. The zero-order chi connectivity index (χ0) is 14.1. The molecule has 2 aliphatic rings. The third kappa shape index (κ3) is 2.31. The van der Waals surface area contributed by atoms with Crippen LogP contribution in [0.15, 0.2) is 54.6 Å². The molecule has 0 aliphatic carbocycles. The maximum atomic E-state index is 5.99. The van der Waals surface area contributed by atoms with Crippen LogP contribution in [0.3, 0.4) is 0 Å². The molecule has 0 N–H and O–H groups in total. The van der Waals surface area contributed by atoms with Gasteiger partial charge in [0, 0.05) is 5.56 Å². The maximum absolute atomic E-state index is 5.99. The molecule has 2 heterocycles. The molecule has 2 aromatic carbocycles. The molecule has 2 aliphatic heterocycles. The fourth-order valence-electron chi connectivity index (χ4n) is 2.69. The molecule has 21 heavy (non-hydrogen) atoms. The van der Waals surface area contributed by atoms with Gasteiger partial charge in [-0.1, -0.05) is 42.5 Å². The molecular formula is C17H16O4. The predicted octanol–water partition coefficient (Wildman–Crippen LogP) is 2.82. The topological polar surface area (TPSA) is 36.9 Å². The average Bonchev–Trinajstić information content (AvgIpc) is 3.13. The fraction of sp³-hybridized carbons (Fsp3) is 0.294. The van der Waals surface area contributed by atoms with E-state index in [0.29, 0.717) is 19.8 Å². The molecule has 2 unspecified atom stereocenters. The lowest BCUT2D eigenvalue weighted by atomic mass is 10.1. The summed E-state index contributed by atoms with van der Waals surface area (Å²) in [5, 5.41) is 0. The Kier molecular flexibility index (Phi) is 3.15. The molecule has 2 atom stereocenters. The smallest absolute Gasteiger partial charge is 0.313 e. The van der Waals surface area contributed by atoms with Gasteiger partial charge in [0.2, 0.25) is 0 Å². The van der Waals surface area contributed by atoms with E-state index in [4.69, 9.17) is 18.9 Å². The summed E-state index contributed by atoms with van der Waals surface area (Å²) in [6.07, 6.45) is -0.142. The lowest BCUT2D eigenvalue weighted by molar-refractivity contribution is -0.342. The van der Waals surface area contributed by atoms with E-state index < -0.39 is 5.97 Å². The molecule has 1 fully saturated rings. The van der Waals surface area contributed by atoms with E-state index in [9.17, 15) is 0 Å². The van der Waals surface area contributed by atoms with E-state index >= 15 is 0 Å². The summed E-state index contributed by atoms with van der Waals surface area (Å²) in [6.45, 7) is 1.42. The summed E-state index contributed by atoms with van der Waals surface area (Å²) in [6, 6.07) is 17.7. The monoisotopic (exact) mass is 284 g/mol. The molecule has 2 aromatic rings. The molecular weight excluding hydrogens is 268 g/mol. The highest BCUT2D eigenvalue weighted by molar-refractivity contribution is 5.32. The van der Waals surface area contributed by atoms with Gasteiger partial charge in [-0.05, 0) is 17.7 Å². The lowest BCUT2D eigenvalue weighted by Gasteiger charge is -2.22. The quantitative estimate of drug-likeness (QED) is 0.868. The first-order valence-corrected chi connectivity index (χ1v) is 7.08. The summed E-state index contributed by atoms with van der Waals surface area (Å²) in [5.41, 5.74) is 2.08. The molecule has 0 aromatic heterocycles. The number of rotatable bonds is 3. The van der Waals surface area contributed by atoms with Crippen molar-refractivity contribution in [2.75, 3.05) is 13.2 Å². The van der Waals surface area contributed by atoms with Gasteiger partial charge in [0.25, 0.3) is 0 Å². The van der Waals surface area contributed by atoms with Crippen molar-refractivity contribution < 1.29 is 18.9 Å². The van der Waals surface area contributed by atoms with Crippen LogP contribution in [0.1, 0.15) is 11.1 Å². The molecule has 1 spiro atoms. The maximum Gasteiger partial charge on any atom is 0.313 e. The summed E-state index contributed by atoms with van der Waals surface area (Å²) in [5.74, 6) is -0.212. The molecule has 4 rings (SSSR count). The largest absolute Gasteiger partial charge is 0.491 e. The van der Waals surface area contributed by atoms with Crippen LogP contribution in [0, 0.1) is 0 Å². The second kappa shape index (κ2) is 5.15. The Balaban J connectivity index is 1.44. The third-order valence-corrected chi connectivity index (χ3v) is 3.73. The van der Waals surface area contributed by atoms with Gasteiger partial charge >= 0.3 is 5.97 Å². The van der Waals surface area contributed by atoms with E-state index in [1.54, 1.807) is 0 Å². The van der Waals surface area contributed by atoms with Crippen LogP contribution >= 0.6 is 0 Å².